The van der Waals surface area contributed by atoms with Crippen LogP contribution in [0.25, 0.3) is 11.3 Å². The van der Waals surface area contributed by atoms with E-state index in [0.717, 1.165) is 12.4 Å². The summed E-state index contributed by atoms with van der Waals surface area (Å²) in [7, 11) is 0. The average Bonchev–Trinajstić information content (AvgIpc) is 2.60. The van der Waals surface area contributed by atoms with E-state index in [-0.39, 0.29) is 23.4 Å². The molecule has 5 heteroatoms. The molecule has 0 spiro atoms. The Bertz CT molecular complexity index is 734. The predicted molar refractivity (Wildman–Crippen MR) is 90.5 cm³/mol. The second kappa shape index (κ2) is 7.81. The number of allylic oxidation sites excluding steroid dienone is 2. The Kier molecular flexibility index (Phi) is 5.79. The molecule has 1 unspecified atom stereocenters. The zero-order valence-electron chi connectivity index (χ0n) is 13.6. The third-order valence-electron chi connectivity index (χ3n) is 3.57. The van der Waals surface area contributed by atoms with Crippen LogP contribution >= 0.6 is 0 Å². The number of hydrogen-bond donors (Lipinski definition) is 1. The monoisotopic (exact) mass is 332 g/mol. The summed E-state index contributed by atoms with van der Waals surface area (Å²) < 4.78 is 42.1. The molecule has 1 N–H and O–H groups in total. The van der Waals surface area contributed by atoms with Crippen LogP contribution in [0.5, 0.6) is 0 Å². The molecule has 126 valence electrons. The number of hydrogen-bond acceptors (Lipinski definition) is 2. The van der Waals surface area contributed by atoms with Crippen molar-refractivity contribution in [2.45, 2.75) is 26.4 Å². The van der Waals surface area contributed by atoms with Gasteiger partial charge in [0, 0.05) is 12.1 Å². The van der Waals surface area contributed by atoms with Crippen molar-refractivity contribution in [2.75, 3.05) is 0 Å². The second-order valence-electron chi connectivity index (χ2n) is 5.02. The summed E-state index contributed by atoms with van der Waals surface area (Å²) in [5, 5.41) is 2.72. The average molecular weight is 332 g/mol. The normalized spacial score (nSPS) is 17.0. The number of pyridine rings is 1. The standard InChI is InChI=1S/C17H13F3N2.C2H6/c1-10-13(18)7-12(11-5-3-2-4-6-11)17(22-10)16-14(19)8-21-9-15(16)20;1-2/h2-6,8-9,13,22H,1,7H2;1-2H3. The highest BCUT2D eigenvalue weighted by Gasteiger charge is 2.28. The van der Waals surface area contributed by atoms with Crippen molar-refractivity contribution in [3.8, 4) is 0 Å². The van der Waals surface area contributed by atoms with Crippen LogP contribution in [0.15, 0.2) is 55.0 Å². The van der Waals surface area contributed by atoms with Gasteiger partial charge in [-0.2, -0.15) is 0 Å². The second-order valence-corrected chi connectivity index (χ2v) is 5.02. The molecule has 1 atom stereocenters. The number of alkyl halides is 1. The molecule has 0 amide bonds. The molecule has 3 rings (SSSR count). The van der Waals surface area contributed by atoms with Gasteiger partial charge in [-0.15, -0.1) is 0 Å². The Balaban J connectivity index is 0.00000100. The summed E-state index contributed by atoms with van der Waals surface area (Å²) in [6, 6.07) is 8.94. The molecule has 24 heavy (non-hydrogen) atoms. The quantitative estimate of drug-likeness (QED) is 0.827. The number of benzene rings is 1. The van der Waals surface area contributed by atoms with Crippen LogP contribution in [0.4, 0.5) is 13.2 Å². The predicted octanol–water partition coefficient (Wildman–Crippen LogP) is 5.10. The molecule has 2 nitrogen and oxygen atoms in total. The fraction of sp³-hybridized carbons (Fsp3) is 0.211. The first-order valence-electron chi connectivity index (χ1n) is 7.75. The number of rotatable bonds is 2. The van der Waals surface area contributed by atoms with Gasteiger partial charge in [0.1, 0.15) is 6.17 Å². The number of halogens is 3. The van der Waals surface area contributed by atoms with Crippen molar-refractivity contribution >= 4 is 11.3 Å². The lowest BCUT2D eigenvalue weighted by Gasteiger charge is -2.27. The lowest BCUT2D eigenvalue weighted by atomic mass is 9.91. The molecule has 2 aromatic rings. The summed E-state index contributed by atoms with van der Waals surface area (Å²) in [5.41, 5.74) is 1.25. The van der Waals surface area contributed by atoms with Gasteiger partial charge in [0.2, 0.25) is 0 Å². The third kappa shape index (κ3) is 3.50. The molecule has 0 radical (unpaired) electrons. The van der Waals surface area contributed by atoms with Crippen LogP contribution < -0.4 is 5.32 Å². The van der Waals surface area contributed by atoms with E-state index in [2.05, 4.69) is 16.9 Å². The maximum Gasteiger partial charge on any atom is 0.153 e. The molecule has 1 aromatic carbocycles. The van der Waals surface area contributed by atoms with Gasteiger partial charge in [0.15, 0.2) is 11.6 Å². The first-order valence-corrected chi connectivity index (χ1v) is 7.75. The summed E-state index contributed by atoms with van der Waals surface area (Å²) in [6.45, 7) is 7.58. The molecular formula is C19H19F3N2. The van der Waals surface area contributed by atoms with E-state index >= 15 is 0 Å². The van der Waals surface area contributed by atoms with Gasteiger partial charge >= 0.3 is 0 Å². The Morgan fingerprint density at radius 1 is 1.08 bits per heavy atom. The van der Waals surface area contributed by atoms with Gasteiger partial charge in [0.05, 0.1) is 23.7 Å². The fourth-order valence-corrected chi connectivity index (χ4v) is 2.48. The van der Waals surface area contributed by atoms with Crippen molar-refractivity contribution < 1.29 is 13.2 Å². The van der Waals surface area contributed by atoms with E-state index in [1.807, 2.05) is 19.9 Å². The molecule has 2 heterocycles. The number of nitrogens with one attached hydrogen (secondary N) is 1. The van der Waals surface area contributed by atoms with Gasteiger partial charge < -0.3 is 5.32 Å². The van der Waals surface area contributed by atoms with E-state index in [1.165, 1.54) is 0 Å². The van der Waals surface area contributed by atoms with Crippen LogP contribution in [-0.2, 0) is 0 Å². The lowest BCUT2D eigenvalue weighted by molar-refractivity contribution is 0.374. The molecule has 0 saturated carbocycles. The highest BCUT2D eigenvalue weighted by molar-refractivity contribution is 5.92. The maximum absolute atomic E-state index is 14.0. The van der Waals surface area contributed by atoms with Crippen molar-refractivity contribution in [1.29, 1.82) is 0 Å². The smallest absolute Gasteiger partial charge is 0.153 e. The van der Waals surface area contributed by atoms with Crippen LogP contribution in [0, 0.1) is 11.6 Å². The van der Waals surface area contributed by atoms with Gasteiger partial charge in [0.25, 0.3) is 0 Å². The zero-order valence-corrected chi connectivity index (χ0v) is 13.6. The molecule has 0 fully saturated rings. The van der Waals surface area contributed by atoms with Crippen molar-refractivity contribution in [3.05, 3.63) is 77.8 Å². The van der Waals surface area contributed by atoms with Gasteiger partial charge in [-0.25, -0.2) is 13.2 Å². The molecular weight excluding hydrogens is 313 g/mol. The SMILES string of the molecule is C=C1NC(c2c(F)cncc2F)=C(c2ccccc2)CC1F.CC. The molecule has 1 aromatic heterocycles. The van der Waals surface area contributed by atoms with Crippen LogP contribution in [-0.4, -0.2) is 11.2 Å². The molecule has 1 aliphatic heterocycles. The van der Waals surface area contributed by atoms with Gasteiger partial charge in [-0.3, -0.25) is 4.98 Å². The lowest BCUT2D eigenvalue weighted by Crippen LogP contribution is -2.27. The molecule has 0 aliphatic carbocycles. The Labute approximate surface area is 139 Å². The van der Waals surface area contributed by atoms with E-state index in [1.54, 1.807) is 24.3 Å². The summed E-state index contributed by atoms with van der Waals surface area (Å²) in [4.78, 5) is 3.47. The number of aromatic nitrogens is 1. The third-order valence-corrected chi connectivity index (χ3v) is 3.57. The Morgan fingerprint density at radius 2 is 1.67 bits per heavy atom. The van der Waals surface area contributed by atoms with E-state index < -0.39 is 17.8 Å². The Morgan fingerprint density at radius 3 is 2.25 bits per heavy atom. The molecule has 1 aliphatic rings. The van der Waals surface area contributed by atoms with E-state index in [9.17, 15) is 13.2 Å². The molecule has 0 bridgehead atoms. The van der Waals surface area contributed by atoms with Crippen LogP contribution in [0.3, 0.4) is 0 Å². The fourth-order valence-electron chi connectivity index (χ4n) is 2.48. The minimum atomic E-state index is -1.31. The van der Waals surface area contributed by atoms with Gasteiger partial charge in [-0.05, 0) is 11.1 Å². The van der Waals surface area contributed by atoms with Crippen LogP contribution in [0.1, 0.15) is 31.4 Å². The Hall–Kier alpha value is -2.56. The van der Waals surface area contributed by atoms with Crippen LogP contribution in [0.2, 0.25) is 0 Å². The number of nitrogens with zero attached hydrogens (tertiary/aromatic N) is 1. The first kappa shape index (κ1) is 17.8. The topological polar surface area (TPSA) is 24.9 Å². The van der Waals surface area contributed by atoms with Gasteiger partial charge in [-0.1, -0.05) is 50.8 Å². The molecule has 0 saturated heterocycles. The highest BCUT2D eigenvalue weighted by atomic mass is 19.1. The van der Waals surface area contributed by atoms with Crippen molar-refractivity contribution in [2.24, 2.45) is 0 Å². The minimum Gasteiger partial charge on any atom is -0.356 e. The van der Waals surface area contributed by atoms with Crippen molar-refractivity contribution in [1.82, 2.24) is 10.3 Å². The van der Waals surface area contributed by atoms with E-state index in [4.69, 9.17) is 0 Å². The zero-order chi connectivity index (χ0) is 17.7. The highest BCUT2D eigenvalue weighted by Crippen LogP contribution is 2.36. The minimum absolute atomic E-state index is 0.00633. The van der Waals surface area contributed by atoms with E-state index in [0.29, 0.717) is 11.1 Å². The largest absolute Gasteiger partial charge is 0.356 e. The summed E-state index contributed by atoms with van der Waals surface area (Å²) in [5.74, 6) is -1.61. The summed E-state index contributed by atoms with van der Waals surface area (Å²) in [6.07, 6.45) is 0.554. The van der Waals surface area contributed by atoms with Crippen molar-refractivity contribution in [3.63, 3.8) is 0 Å². The summed E-state index contributed by atoms with van der Waals surface area (Å²) >= 11 is 0. The first-order chi connectivity index (χ1) is 11.6. The maximum atomic E-state index is 14.0.